The molecule has 0 bridgehead atoms. The zero-order chi connectivity index (χ0) is 23.2. The number of amides is 1. The van der Waals surface area contributed by atoms with Gasteiger partial charge in [-0.1, -0.05) is 35.5 Å². The lowest BCUT2D eigenvalue weighted by atomic mass is 10.1. The Bertz CT molecular complexity index is 1070. The Morgan fingerprint density at radius 3 is 2.45 bits per heavy atom. The Kier molecular flexibility index (Phi) is 7.36. The first-order valence-electron chi connectivity index (χ1n) is 11.4. The lowest BCUT2D eigenvalue weighted by Gasteiger charge is -2.33. The van der Waals surface area contributed by atoms with Crippen molar-refractivity contribution in [2.75, 3.05) is 44.6 Å². The van der Waals surface area contributed by atoms with Crippen LogP contribution in [-0.4, -0.2) is 65.2 Å². The second-order valence-electron chi connectivity index (χ2n) is 8.31. The molecule has 0 spiro atoms. The van der Waals surface area contributed by atoms with Crippen molar-refractivity contribution in [2.24, 2.45) is 0 Å². The van der Waals surface area contributed by atoms with E-state index in [1.807, 2.05) is 63.2 Å². The molecule has 2 heterocycles. The van der Waals surface area contributed by atoms with Gasteiger partial charge in [0.2, 0.25) is 17.6 Å². The van der Waals surface area contributed by atoms with Gasteiger partial charge in [0.05, 0.1) is 25.3 Å². The summed E-state index contributed by atoms with van der Waals surface area (Å²) in [5.74, 6) is 1.89. The molecule has 1 amide bonds. The topological polar surface area (TPSA) is 83.7 Å². The van der Waals surface area contributed by atoms with Gasteiger partial charge in [0, 0.05) is 31.9 Å². The van der Waals surface area contributed by atoms with Gasteiger partial charge >= 0.3 is 0 Å². The first kappa shape index (κ1) is 22.9. The minimum absolute atomic E-state index is 0.0235. The molecule has 0 saturated carbocycles. The van der Waals surface area contributed by atoms with Crippen LogP contribution in [0.1, 0.15) is 23.9 Å². The fourth-order valence-electron chi connectivity index (χ4n) is 4.05. The summed E-state index contributed by atoms with van der Waals surface area (Å²) in [6.07, 6.45) is 0. The van der Waals surface area contributed by atoms with E-state index in [-0.39, 0.29) is 5.91 Å². The van der Waals surface area contributed by atoms with Crippen molar-refractivity contribution in [3.8, 4) is 17.1 Å². The van der Waals surface area contributed by atoms with Crippen LogP contribution in [0.5, 0.6) is 5.75 Å². The maximum Gasteiger partial charge on any atom is 0.241 e. The molecule has 8 nitrogen and oxygen atoms in total. The molecular weight excluding hydrogens is 418 g/mol. The Morgan fingerprint density at radius 2 is 1.73 bits per heavy atom. The molecule has 174 valence electrons. The zero-order valence-electron chi connectivity index (χ0n) is 19.5. The Morgan fingerprint density at radius 1 is 1.03 bits per heavy atom. The number of piperazine rings is 1. The van der Waals surface area contributed by atoms with Crippen molar-refractivity contribution < 1.29 is 14.1 Å². The summed E-state index contributed by atoms with van der Waals surface area (Å²) >= 11 is 0. The molecule has 0 atom stereocenters. The number of carbonyl (C=O) groups excluding carboxylic acids is 1. The van der Waals surface area contributed by atoms with Gasteiger partial charge in [-0.15, -0.1) is 0 Å². The number of hydrogen-bond donors (Lipinski definition) is 1. The van der Waals surface area contributed by atoms with Gasteiger partial charge in [0.1, 0.15) is 5.75 Å². The third-order valence-electron chi connectivity index (χ3n) is 5.83. The molecular formula is C25H31N5O3. The molecule has 8 heteroatoms. The van der Waals surface area contributed by atoms with Crippen molar-refractivity contribution in [3.05, 3.63) is 59.5 Å². The molecule has 1 aromatic heterocycles. The average Bonchev–Trinajstić information content (AvgIpc) is 3.27. The Labute approximate surface area is 194 Å². The van der Waals surface area contributed by atoms with E-state index >= 15 is 0 Å². The Hall–Kier alpha value is -3.23. The number of nitrogens with zero attached hydrogens (tertiary/aromatic N) is 4. The number of nitrogens with one attached hydrogen (secondary N) is 1. The van der Waals surface area contributed by atoms with Crippen LogP contribution >= 0.6 is 0 Å². The third-order valence-corrected chi connectivity index (χ3v) is 5.83. The number of aryl methyl sites for hydroxylation is 2. The molecule has 33 heavy (non-hydrogen) atoms. The van der Waals surface area contributed by atoms with E-state index in [0.29, 0.717) is 31.4 Å². The van der Waals surface area contributed by atoms with Crippen LogP contribution in [0.2, 0.25) is 0 Å². The maximum absolute atomic E-state index is 12.6. The maximum atomic E-state index is 12.6. The van der Waals surface area contributed by atoms with Gasteiger partial charge in [0.15, 0.2) is 0 Å². The molecule has 3 aromatic rings. The fraction of sp³-hybridized carbons (Fsp3) is 0.400. The molecule has 0 aliphatic carbocycles. The second kappa shape index (κ2) is 10.6. The van der Waals surface area contributed by atoms with Crippen molar-refractivity contribution in [2.45, 2.75) is 27.3 Å². The van der Waals surface area contributed by atoms with Crippen molar-refractivity contribution in [1.82, 2.24) is 19.9 Å². The predicted octanol–water partition coefficient (Wildman–Crippen LogP) is 3.51. The SMILES string of the molecule is CCOc1ccccc1-c1noc(CN2CCN(CC(=O)Nc3c(C)cccc3C)CC2)n1. The summed E-state index contributed by atoms with van der Waals surface area (Å²) < 4.78 is 11.2. The number of carbonyl (C=O) groups is 1. The summed E-state index contributed by atoms with van der Waals surface area (Å²) in [6, 6.07) is 13.7. The number of rotatable bonds is 8. The molecule has 1 fully saturated rings. The fourth-order valence-corrected chi connectivity index (χ4v) is 4.05. The highest BCUT2D eigenvalue weighted by Crippen LogP contribution is 2.27. The highest BCUT2D eigenvalue weighted by molar-refractivity contribution is 5.93. The highest BCUT2D eigenvalue weighted by Gasteiger charge is 2.22. The van der Waals surface area contributed by atoms with Crippen molar-refractivity contribution in [1.29, 1.82) is 0 Å². The normalized spacial score (nSPS) is 14.9. The van der Waals surface area contributed by atoms with E-state index in [9.17, 15) is 4.79 Å². The van der Waals surface area contributed by atoms with Gasteiger partial charge < -0.3 is 14.6 Å². The molecule has 1 aliphatic rings. The smallest absolute Gasteiger partial charge is 0.241 e. The summed E-state index contributed by atoms with van der Waals surface area (Å²) in [5, 5.41) is 7.22. The number of benzene rings is 2. The van der Waals surface area contributed by atoms with Gasteiger partial charge in [-0.2, -0.15) is 4.98 Å². The molecule has 1 N–H and O–H groups in total. The average molecular weight is 450 g/mol. The van der Waals surface area contributed by atoms with E-state index in [4.69, 9.17) is 9.26 Å². The lowest BCUT2D eigenvalue weighted by molar-refractivity contribution is -0.117. The van der Waals surface area contributed by atoms with E-state index in [1.165, 1.54) is 0 Å². The van der Waals surface area contributed by atoms with Gasteiger partial charge in [0.25, 0.3) is 0 Å². The standard InChI is InChI=1S/C25H31N5O3/c1-4-32-21-11-6-5-10-20(21)25-27-23(33-28-25)17-30-14-12-29(13-15-30)16-22(31)26-24-18(2)8-7-9-19(24)3/h5-11H,4,12-17H2,1-3H3,(H,26,31). The van der Waals surface area contributed by atoms with Crippen LogP contribution in [-0.2, 0) is 11.3 Å². The number of ether oxygens (including phenoxy) is 1. The van der Waals surface area contributed by atoms with Crippen LogP contribution < -0.4 is 10.1 Å². The molecule has 1 saturated heterocycles. The molecule has 4 rings (SSSR count). The predicted molar refractivity (Wildman–Crippen MR) is 127 cm³/mol. The van der Waals surface area contributed by atoms with Crippen molar-refractivity contribution in [3.63, 3.8) is 0 Å². The first-order chi connectivity index (χ1) is 16.0. The minimum atomic E-state index is 0.0235. The van der Waals surface area contributed by atoms with E-state index in [2.05, 4.69) is 25.3 Å². The van der Waals surface area contributed by atoms with Crippen LogP contribution in [0.3, 0.4) is 0 Å². The van der Waals surface area contributed by atoms with Crippen LogP contribution in [0, 0.1) is 13.8 Å². The summed E-state index contributed by atoms with van der Waals surface area (Å²) in [5.41, 5.74) is 3.90. The molecule has 0 radical (unpaired) electrons. The second-order valence-corrected chi connectivity index (χ2v) is 8.31. The van der Waals surface area contributed by atoms with Gasteiger partial charge in [-0.05, 0) is 44.0 Å². The van der Waals surface area contributed by atoms with Gasteiger partial charge in [-0.25, -0.2) is 0 Å². The summed E-state index contributed by atoms with van der Waals surface area (Å²) in [4.78, 5) is 21.6. The molecule has 2 aromatic carbocycles. The Balaban J connectivity index is 1.28. The monoisotopic (exact) mass is 449 g/mol. The van der Waals surface area contributed by atoms with Crippen LogP contribution in [0.25, 0.3) is 11.4 Å². The zero-order valence-corrected chi connectivity index (χ0v) is 19.5. The lowest BCUT2D eigenvalue weighted by Crippen LogP contribution is -2.48. The van der Waals surface area contributed by atoms with E-state index in [1.54, 1.807) is 0 Å². The number of aromatic nitrogens is 2. The quantitative estimate of drug-likeness (QED) is 0.563. The molecule has 1 aliphatic heterocycles. The summed E-state index contributed by atoms with van der Waals surface area (Å²) in [6.45, 7) is 10.8. The number of hydrogen-bond acceptors (Lipinski definition) is 7. The van der Waals surface area contributed by atoms with E-state index in [0.717, 1.165) is 54.3 Å². The first-order valence-corrected chi connectivity index (χ1v) is 11.4. The van der Waals surface area contributed by atoms with Crippen LogP contribution in [0.15, 0.2) is 47.0 Å². The van der Waals surface area contributed by atoms with E-state index < -0.39 is 0 Å². The highest BCUT2D eigenvalue weighted by atomic mass is 16.5. The summed E-state index contributed by atoms with van der Waals surface area (Å²) in [7, 11) is 0. The third kappa shape index (κ3) is 5.77. The molecule has 0 unspecified atom stereocenters. The number of anilines is 1. The van der Waals surface area contributed by atoms with Crippen LogP contribution in [0.4, 0.5) is 5.69 Å². The largest absolute Gasteiger partial charge is 0.493 e. The minimum Gasteiger partial charge on any atom is -0.493 e. The van der Waals surface area contributed by atoms with Crippen molar-refractivity contribution >= 4 is 11.6 Å². The number of para-hydroxylation sites is 2. The van der Waals surface area contributed by atoms with Gasteiger partial charge in [-0.3, -0.25) is 14.6 Å².